The topological polar surface area (TPSA) is 43.6 Å². The molecular weight excluding hydrogens is 356 g/mol. The van der Waals surface area contributed by atoms with Gasteiger partial charge in [-0.25, -0.2) is 4.68 Å². The van der Waals surface area contributed by atoms with Crippen LogP contribution in [0.2, 0.25) is 5.15 Å². The minimum Gasteiger partial charge on any atom is -0.222 e. The first-order chi connectivity index (χ1) is 10.7. The van der Waals surface area contributed by atoms with Crippen molar-refractivity contribution in [3.8, 4) is 5.69 Å². The maximum absolute atomic E-state index is 6.51. The first kappa shape index (κ1) is 15.9. The van der Waals surface area contributed by atoms with Crippen LogP contribution in [-0.2, 0) is 5.75 Å². The second-order valence-corrected chi connectivity index (χ2v) is 8.04. The van der Waals surface area contributed by atoms with E-state index in [1.807, 2.05) is 43.5 Å². The SMILES string of the molecule is CSc1nnc(SCc2c(C)nn(-c3ccccc3)c2Cl)s1. The summed E-state index contributed by atoms with van der Waals surface area (Å²) < 4.78 is 3.71. The Balaban J connectivity index is 1.81. The number of hydrogen-bond acceptors (Lipinski definition) is 6. The van der Waals surface area contributed by atoms with E-state index in [-0.39, 0.29) is 0 Å². The van der Waals surface area contributed by atoms with E-state index in [0.29, 0.717) is 5.15 Å². The molecule has 8 heteroatoms. The molecule has 0 saturated heterocycles. The average Bonchev–Trinajstić information content (AvgIpc) is 3.11. The molecule has 0 aliphatic heterocycles. The summed E-state index contributed by atoms with van der Waals surface area (Å²) >= 11 is 11.4. The summed E-state index contributed by atoms with van der Waals surface area (Å²) in [7, 11) is 0. The quantitative estimate of drug-likeness (QED) is 0.610. The second-order valence-electron chi connectivity index (χ2n) is 4.43. The smallest absolute Gasteiger partial charge is 0.175 e. The Morgan fingerprint density at radius 1 is 1.18 bits per heavy atom. The molecule has 0 N–H and O–H groups in total. The van der Waals surface area contributed by atoms with Crippen molar-refractivity contribution < 1.29 is 0 Å². The minimum absolute atomic E-state index is 0.658. The van der Waals surface area contributed by atoms with E-state index in [1.54, 1.807) is 39.5 Å². The summed E-state index contributed by atoms with van der Waals surface area (Å²) in [6.07, 6.45) is 2.00. The molecule has 0 fully saturated rings. The van der Waals surface area contributed by atoms with E-state index in [2.05, 4.69) is 15.3 Å². The molecule has 0 saturated carbocycles. The molecule has 0 bridgehead atoms. The van der Waals surface area contributed by atoms with Gasteiger partial charge in [0.05, 0.1) is 11.4 Å². The molecule has 0 radical (unpaired) electrons. The predicted molar refractivity (Wildman–Crippen MR) is 94.6 cm³/mol. The van der Waals surface area contributed by atoms with Crippen LogP contribution < -0.4 is 0 Å². The molecular formula is C14H13ClN4S3. The molecule has 0 atom stereocenters. The molecule has 0 amide bonds. The number of thioether (sulfide) groups is 2. The van der Waals surface area contributed by atoms with Gasteiger partial charge in [-0.05, 0) is 25.3 Å². The number of benzene rings is 1. The molecule has 2 heterocycles. The monoisotopic (exact) mass is 368 g/mol. The van der Waals surface area contributed by atoms with Crippen molar-refractivity contribution in [2.75, 3.05) is 6.26 Å². The molecule has 1 aromatic carbocycles. The summed E-state index contributed by atoms with van der Waals surface area (Å²) in [5.74, 6) is 0.737. The molecule has 0 aliphatic rings. The van der Waals surface area contributed by atoms with Gasteiger partial charge >= 0.3 is 0 Å². The van der Waals surface area contributed by atoms with E-state index >= 15 is 0 Å². The lowest BCUT2D eigenvalue weighted by molar-refractivity contribution is 0.863. The normalized spacial score (nSPS) is 11.0. The van der Waals surface area contributed by atoms with Crippen molar-refractivity contribution in [2.24, 2.45) is 0 Å². The Morgan fingerprint density at radius 3 is 2.59 bits per heavy atom. The number of aryl methyl sites for hydroxylation is 1. The average molecular weight is 369 g/mol. The lowest BCUT2D eigenvalue weighted by atomic mass is 10.3. The first-order valence-electron chi connectivity index (χ1n) is 6.48. The van der Waals surface area contributed by atoms with Crippen LogP contribution in [-0.4, -0.2) is 26.2 Å². The Labute approximate surface area is 146 Å². The van der Waals surface area contributed by atoms with Gasteiger partial charge in [0, 0.05) is 11.3 Å². The molecule has 22 heavy (non-hydrogen) atoms. The molecule has 2 aromatic heterocycles. The van der Waals surface area contributed by atoms with Gasteiger partial charge < -0.3 is 0 Å². The van der Waals surface area contributed by atoms with Crippen LogP contribution in [0.4, 0.5) is 0 Å². The van der Waals surface area contributed by atoms with Crippen LogP contribution >= 0.6 is 46.5 Å². The fourth-order valence-electron chi connectivity index (χ4n) is 1.91. The fourth-order valence-corrected chi connectivity index (χ4v) is 4.85. The molecule has 0 spiro atoms. The fraction of sp³-hybridized carbons (Fsp3) is 0.214. The molecule has 4 nitrogen and oxygen atoms in total. The predicted octanol–water partition coefficient (Wildman–Crippen LogP) is 4.70. The second kappa shape index (κ2) is 7.04. The maximum Gasteiger partial charge on any atom is 0.175 e. The van der Waals surface area contributed by atoms with Gasteiger partial charge in [-0.1, -0.05) is 64.7 Å². The van der Waals surface area contributed by atoms with E-state index in [0.717, 1.165) is 31.4 Å². The Hall–Kier alpha value is -1.02. The van der Waals surface area contributed by atoms with Crippen LogP contribution in [0, 0.1) is 6.92 Å². The highest BCUT2D eigenvalue weighted by Gasteiger charge is 2.15. The number of aromatic nitrogens is 4. The van der Waals surface area contributed by atoms with Crippen molar-refractivity contribution in [1.29, 1.82) is 0 Å². The lowest BCUT2D eigenvalue weighted by Gasteiger charge is -2.02. The van der Waals surface area contributed by atoms with E-state index < -0.39 is 0 Å². The van der Waals surface area contributed by atoms with E-state index in [4.69, 9.17) is 11.6 Å². The van der Waals surface area contributed by atoms with Gasteiger partial charge in [0.25, 0.3) is 0 Å². The first-order valence-corrected chi connectivity index (χ1v) is 9.89. The number of halogens is 1. The van der Waals surface area contributed by atoms with E-state index in [9.17, 15) is 0 Å². The Kier molecular flexibility index (Phi) is 5.07. The van der Waals surface area contributed by atoms with Gasteiger partial charge in [-0.2, -0.15) is 5.10 Å². The number of para-hydroxylation sites is 1. The summed E-state index contributed by atoms with van der Waals surface area (Å²) in [5.41, 5.74) is 2.94. The number of rotatable bonds is 5. The van der Waals surface area contributed by atoms with Crippen LogP contribution in [0.15, 0.2) is 39.0 Å². The Bertz CT molecular complexity index is 770. The van der Waals surface area contributed by atoms with Crippen LogP contribution in [0.5, 0.6) is 0 Å². The highest BCUT2D eigenvalue weighted by atomic mass is 35.5. The highest BCUT2D eigenvalue weighted by molar-refractivity contribution is 8.02. The number of nitrogens with zero attached hydrogens (tertiary/aromatic N) is 4. The lowest BCUT2D eigenvalue weighted by Crippen LogP contribution is -1.95. The zero-order valence-corrected chi connectivity index (χ0v) is 15.2. The maximum atomic E-state index is 6.51. The molecule has 3 rings (SSSR count). The van der Waals surface area contributed by atoms with Crippen molar-refractivity contribution in [3.05, 3.63) is 46.7 Å². The number of hydrogen-bond donors (Lipinski definition) is 0. The molecule has 0 unspecified atom stereocenters. The third-order valence-corrected chi connectivity index (χ3v) is 6.47. The minimum atomic E-state index is 0.658. The van der Waals surface area contributed by atoms with Gasteiger partial charge in [0.2, 0.25) is 0 Å². The van der Waals surface area contributed by atoms with Crippen LogP contribution in [0.3, 0.4) is 0 Å². The largest absolute Gasteiger partial charge is 0.222 e. The van der Waals surface area contributed by atoms with Crippen molar-refractivity contribution in [2.45, 2.75) is 21.4 Å². The third-order valence-electron chi connectivity index (χ3n) is 3.02. The van der Waals surface area contributed by atoms with Gasteiger partial charge in [-0.15, -0.1) is 10.2 Å². The summed E-state index contributed by atoms with van der Waals surface area (Å²) in [6.45, 7) is 1.98. The van der Waals surface area contributed by atoms with E-state index in [1.165, 1.54) is 0 Å². The molecule has 0 aliphatic carbocycles. The van der Waals surface area contributed by atoms with Crippen molar-refractivity contribution in [3.63, 3.8) is 0 Å². The van der Waals surface area contributed by atoms with Gasteiger partial charge in [0.15, 0.2) is 8.68 Å². The third kappa shape index (κ3) is 3.32. The standard InChI is InChI=1S/C14H13ClN4S3/c1-9-11(8-21-14-17-16-13(20-2)22-14)12(15)19(18-9)10-6-4-3-5-7-10/h3-7H,8H2,1-2H3. The van der Waals surface area contributed by atoms with Crippen LogP contribution in [0.25, 0.3) is 5.69 Å². The molecule has 3 aromatic rings. The zero-order valence-electron chi connectivity index (χ0n) is 12.0. The van der Waals surface area contributed by atoms with Crippen molar-refractivity contribution in [1.82, 2.24) is 20.0 Å². The van der Waals surface area contributed by atoms with Gasteiger partial charge in [0.1, 0.15) is 5.15 Å². The molecule has 114 valence electrons. The Morgan fingerprint density at radius 2 is 1.91 bits per heavy atom. The highest BCUT2D eigenvalue weighted by Crippen LogP contribution is 2.33. The summed E-state index contributed by atoms with van der Waals surface area (Å²) in [5, 5.41) is 13.5. The summed E-state index contributed by atoms with van der Waals surface area (Å²) in [4.78, 5) is 0. The van der Waals surface area contributed by atoms with Gasteiger partial charge in [-0.3, -0.25) is 0 Å². The summed E-state index contributed by atoms with van der Waals surface area (Å²) in [6, 6.07) is 9.91. The van der Waals surface area contributed by atoms with Crippen LogP contribution in [0.1, 0.15) is 11.3 Å². The zero-order chi connectivity index (χ0) is 15.5. The van der Waals surface area contributed by atoms with Crippen molar-refractivity contribution >= 4 is 46.5 Å².